The minimum atomic E-state index is 0.431. The number of phenols is 1. The van der Waals surface area contributed by atoms with Crippen molar-refractivity contribution < 1.29 is 9.84 Å². The van der Waals surface area contributed by atoms with E-state index in [1.165, 1.54) is 25.7 Å². The molecule has 0 bridgehead atoms. The normalized spacial score (nSPS) is 19.5. The molecule has 0 saturated carbocycles. The topological polar surface area (TPSA) is 72.0 Å². The number of fused-ring (bicyclic) bond motifs is 2. The van der Waals surface area contributed by atoms with Crippen LogP contribution in [0.1, 0.15) is 42.4 Å². The van der Waals surface area contributed by atoms with Crippen LogP contribution in [0.4, 0.5) is 11.4 Å². The second-order valence-corrected chi connectivity index (χ2v) is 10.7. The van der Waals surface area contributed by atoms with Gasteiger partial charge in [-0.05, 0) is 88.3 Å². The Balaban J connectivity index is 1.40. The number of dihydropyridines is 1. The van der Waals surface area contributed by atoms with Crippen molar-refractivity contribution in [2.75, 3.05) is 43.9 Å². The second kappa shape index (κ2) is 10.3. The number of ether oxygens (including phenoxy) is 1. The molecule has 0 radical (unpaired) electrons. The molecule has 0 unspecified atom stereocenters. The smallest absolute Gasteiger partial charge is 0.191 e. The predicted octanol–water partition coefficient (Wildman–Crippen LogP) is 5.42. The quantitative estimate of drug-likeness (QED) is 0.364. The van der Waals surface area contributed by atoms with Crippen molar-refractivity contribution in [2.24, 2.45) is 0 Å². The highest BCUT2D eigenvalue weighted by Crippen LogP contribution is 2.39. The van der Waals surface area contributed by atoms with Crippen LogP contribution in [0.3, 0.4) is 0 Å². The van der Waals surface area contributed by atoms with Gasteiger partial charge < -0.3 is 25.8 Å². The zero-order chi connectivity index (χ0) is 25.4. The van der Waals surface area contributed by atoms with Crippen LogP contribution in [-0.2, 0) is 17.8 Å². The van der Waals surface area contributed by atoms with Crippen molar-refractivity contribution >= 4 is 28.7 Å². The summed E-state index contributed by atoms with van der Waals surface area (Å²) in [5.41, 5.74) is 7.64. The third-order valence-electron chi connectivity index (χ3n) is 7.63. The molecule has 6 rings (SSSR count). The lowest BCUT2D eigenvalue weighted by Crippen LogP contribution is -2.28. The number of aromatic hydroxyl groups is 1. The Morgan fingerprint density at radius 1 is 0.919 bits per heavy atom. The SMILES string of the molecule is COC1=CC=C2Nc3cc(Cl)ccc3C(Nc3cc(CN4CCCC4)c(O)c(CN4CCCC4)c3)=C2N1. The van der Waals surface area contributed by atoms with Gasteiger partial charge in [0.15, 0.2) is 5.88 Å². The Morgan fingerprint density at radius 3 is 2.19 bits per heavy atom. The molecule has 0 atom stereocenters. The van der Waals surface area contributed by atoms with Gasteiger partial charge in [-0.1, -0.05) is 11.6 Å². The van der Waals surface area contributed by atoms with Crippen LogP contribution in [0.25, 0.3) is 5.70 Å². The molecule has 2 saturated heterocycles. The van der Waals surface area contributed by atoms with Crippen LogP contribution in [0.2, 0.25) is 5.02 Å². The van der Waals surface area contributed by atoms with Crippen LogP contribution in [0, 0.1) is 0 Å². The van der Waals surface area contributed by atoms with E-state index in [1.807, 2.05) is 30.4 Å². The zero-order valence-electron chi connectivity index (χ0n) is 21.2. The Morgan fingerprint density at radius 2 is 1.57 bits per heavy atom. The summed E-state index contributed by atoms with van der Waals surface area (Å²) < 4.78 is 5.50. The van der Waals surface area contributed by atoms with E-state index in [9.17, 15) is 5.11 Å². The van der Waals surface area contributed by atoms with Crippen LogP contribution >= 0.6 is 11.6 Å². The maximum Gasteiger partial charge on any atom is 0.191 e. The largest absolute Gasteiger partial charge is 0.507 e. The van der Waals surface area contributed by atoms with E-state index in [2.05, 4.69) is 37.9 Å². The maximum absolute atomic E-state index is 11.3. The van der Waals surface area contributed by atoms with Gasteiger partial charge in [0, 0.05) is 52.3 Å². The summed E-state index contributed by atoms with van der Waals surface area (Å²) in [5.74, 6) is 1.10. The zero-order valence-corrected chi connectivity index (χ0v) is 22.0. The molecule has 2 aromatic rings. The summed E-state index contributed by atoms with van der Waals surface area (Å²) in [5, 5.41) is 22.6. The predicted molar refractivity (Wildman–Crippen MR) is 149 cm³/mol. The Labute approximate surface area is 223 Å². The van der Waals surface area contributed by atoms with Crippen molar-refractivity contribution in [3.63, 3.8) is 0 Å². The van der Waals surface area contributed by atoms with E-state index in [-0.39, 0.29) is 0 Å². The van der Waals surface area contributed by atoms with Gasteiger partial charge in [-0.15, -0.1) is 0 Å². The van der Waals surface area contributed by atoms with Crippen LogP contribution in [0.15, 0.2) is 59.8 Å². The van der Waals surface area contributed by atoms with Crippen molar-refractivity contribution in [1.29, 1.82) is 0 Å². The average molecular weight is 520 g/mol. The minimum Gasteiger partial charge on any atom is -0.507 e. The van der Waals surface area contributed by atoms with Crippen molar-refractivity contribution in [1.82, 2.24) is 15.1 Å². The molecule has 0 amide bonds. The highest BCUT2D eigenvalue weighted by atomic mass is 35.5. The Kier molecular flexibility index (Phi) is 6.76. The van der Waals surface area contributed by atoms with E-state index >= 15 is 0 Å². The van der Waals surface area contributed by atoms with Gasteiger partial charge in [-0.2, -0.15) is 0 Å². The van der Waals surface area contributed by atoms with Crippen LogP contribution in [-0.4, -0.2) is 48.2 Å². The molecule has 194 valence electrons. The molecule has 8 heteroatoms. The van der Waals surface area contributed by atoms with E-state index in [0.717, 1.165) is 84.4 Å². The summed E-state index contributed by atoms with van der Waals surface area (Å²) in [6, 6.07) is 10.1. The van der Waals surface area contributed by atoms with Crippen molar-refractivity contribution in [3.05, 3.63) is 81.5 Å². The molecule has 7 nitrogen and oxygen atoms in total. The number of likely N-dealkylation sites (tertiary alicyclic amines) is 2. The summed E-state index contributed by atoms with van der Waals surface area (Å²) >= 11 is 6.35. The number of hydrogen-bond acceptors (Lipinski definition) is 7. The number of halogens is 1. The third-order valence-corrected chi connectivity index (χ3v) is 7.87. The summed E-state index contributed by atoms with van der Waals surface area (Å²) in [6.45, 7) is 5.84. The number of rotatable bonds is 7. The van der Waals surface area contributed by atoms with E-state index < -0.39 is 0 Å². The molecule has 4 heterocycles. The molecular weight excluding hydrogens is 486 g/mol. The van der Waals surface area contributed by atoms with Gasteiger partial charge in [0.2, 0.25) is 0 Å². The number of nitrogens with one attached hydrogen (secondary N) is 3. The number of nitrogens with zero attached hydrogens (tertiary/aromatic N) is 2. The van der Waals surface area contributed by atoms with Gasteiger partial charge in [0.05, 0.1) is 24.2 Å². The molecular formula is C29H34ClN5O2. The first-order valence-corrected chi connectivity index (χ1v) is 13.6. The fourth-order valence-electron chi connectivity index (χ4n) is 5.72. The molecule has 4 N–H and O–H groups in total. The molecule has 37 heavy (non-hydrogen) atoms. The lowest BCUT2D eigenvalue weighted by molar-refractivity contribution is 0.269. The first kappa shape index (κ1) is 24.2. The standard InChI is InChI=1S/C29H34ClN5O2/c1-37-26-9-8-24-28(33-26)27(23-7-6-21(30)16-25(23)32-24)31-22-14-19(17-34-10-2-3-11-34)29(36)20(15-22)18-35-12-4-5-13-35/h6-9,14-16,31-33,36H,2-5,10-13,17-18H2,1H3. The number of hydrogen-bond donors (Lipinski definition) is 4. The summed E-state index contributed by atoms with van der Waals surface area (Å²) in [6.07, 6.45) is 8.79. The van der Waals surface area contributed by atoms with Crippen LogP contribution < -0.4 is 16.0 Å². The highest BCUT2D eigenvalue weighted by Gasteiger charge is 2.27. The van der Waals surface area contributed by atoms with E-state index in [0.29, 0.717) is 16.7 Å². The lowest BCUT2D eigenvalue weighted by atomic mass is 9.99. The fraction of sp³-hybridized carbons (Fsp3) is 0.379. The van der Waals surface area contributed by atoms with Gasteiger partial charge in [0.1, 0.15) is 5.75 Å². The first-order valence-electron chi connectivity index (χ1n) is 13.2. The number of allylic oxidation sites excluding steroid dienone is 2. The Bertz CT molecular complexity index is 1250. The first-order chi connectivity index (χ1) is 18.1. The van der Waals surface area contributed by atoms with Crippen LogP contribution in [0.5, 0.6) is 5.75 Å². The maximum atomic E-state index is 11.3. The lowest BCUT2D eigenvalue weighted by Gasteiger charge is -2.31. The van der Waals surface area contributed by atoms with Crippen molar-refractivity contribution in [3.8, 4) is 5.75 Å². The number of benzene rings is 2. The van der Waals surface area contributed by atoms with Crippen molar-refractivity contribution in [2.45, 2.75) is 38.8 Å². The highest BCUT2D eigenvalue weighted by molar-refractivity contribution is 6.31. The van der Waals surface area contributed by atoms with Gasteiger partial charge in [-0.25, -0.2) is 0 Å². The van der Waals surface area contributed by atoms with E-state index in [1.54, 1.807) is 7.11 Å². The number of phenolic OH excluding ortho intramolecular Hbond substituents is 1. The third kappa shape index (κ3) is 5.04. The molecule has 2 fully saturated rings. The summed E-state index contributed by atoms with van der Waals surface area (Å²) in [4.78, 5) is 4.86. The van der Waals surface area contributed by atoms with Gasteiger partial charge >= 0.3 is 0 Å². The van der Waals surface area contributed by atoms with Gasteiger partial charge in [0.25, 0.3) is 0 Å². The molecule has 4 aliphatic rings. The monoisotopic (exact) mass is 519 g/mol. The molecule has 0 spiro atoms. The number of anilines is 2. The second-order valence-electron chi connectivity index (χ2n) is 10.2. The van der Waals surface area contributed by atoms with E-state index in [4.69, 9.17) is 16.3 Å². The summed E-state index contributed by atoms with van der Waals surface area (Å²) in [7, 11) is 1.66. The Hall–Kier alpha value is -3.13. The molecule has 0 aliphatic carbocycles. The molecule has 2 aromatic carbocycles. The average Bonchev–Trinajstić information content (AvgIpc) is 3.61. The molecule has 0 aromatic heterocycles. The van der Waals surface area contributed by atoms with Gasteiger partial charge in [-0.3, -0.25) is 9.80 Å². The molecule has 4 aliphatic heterocycles. The number of methoxy groups -OCH3 is 1. The fourth-order valence-corrected chi connectivity index (χ4v) is 5.90. The minimum absolute atomic E-state index is 0.431.